The number of nitrogens with one attached hydrogen (secondary N) is 1. The zero-order chi connectivity index (χ0) is 14.4. The smallest absolute Gasteiger partial charge is 0.311 e. The lowest BCUT2D eigenvalue weighted by molar-refractivity contribution is -0.149. The van der Waals surface area contributed by atoms with E-state index in [-0.39, 0.29) is 12.5 Å². The summed E-state index contributed by atoms with van der Waals surface area (Å²) in [5, 5.41) is 19.5. The fourth-order valence-corrected chi connectivity index (χ4v) is 2.65. The minimum Gasteiger partial charge on any atom is -0.481 e. The van der Waals surface area contributed by atoms with Gasteiger partial charge in [0, 0.05) is 6.54 Å². The van der Waals surface area contributed by atoms with Crippen LogP contribution >= 0.6 is 0 Å². The van der Waals surface area contributed by atoms with Gasteiger partial charge in [-0.3, -0.25) is 9.59 Å². The van der Waals surface area contributed by atoms with Gasteiger partial charge in [-0.25, -0.2) is 0 Å². The first kappa shape index (κ1) is 14.4. The number of carbonyl (C=O) groups is 2. The van der Waals surface area contributed by atoms with E-state index in [0.29, 0.717) is 18.4 Å². The van der Waals surface area contributed by atoms with Crippen LogP contribution in [-0.4, -0.2) is 33.7 Å². The van der Waals surface area contributed by atoms with Crippen molar-refractivity contribution in [3.8, 4) is 0 Å². The van der Waals surface area contributed by atoms with Crippen LogP contribution in [0.1, 0.15) is 48.9 Å². The van der Waals surface area contributed by atoms with Crippen molar-refractivity contribution in [3.63, 3.8) is 0 Å². The van der Waals surface area contributed by atoms with Crippen LogP contribution in [0.25, 0.3) is 0 Å². The number of amides is 1. The first-order valence-electron chi connectivity index (χ1n) is 6.92. The Labute approximate surface area is 117 Å². The molecule has 0 saturated heterocycles. The van der Waals surface area contributed by atoms with E-state index in [9.17, 15) is 14.7 Å². The number of aliphatic carboxylic acids is 1. The average molecular weight is 277 g/mol. The van der Waals surface area contributed by atoms with Crippen LogP contribution in [0, 0.1) is 5.41 Å². The largest absolute Gasteiger partial charge is 0.481 e. The summed E-state index contributed by atoms with van der Waals surface area (Å²) in [4.78, 5) is 23.6. The summed E-state index contributed by atoms with van der Waals surface area (Å²) < 4.78 is 0. The van der Waals surface area contributed by atoms with Crippen LogP contribution in [-0.2, 0) is 4.79 Å². The maximum absolute atomic E-state index is 12.0. The van der Waals surface area contributed by atoms with Gasteiger partial charge in [-0.05, 0) is 18.9 Å². The Morgan fingerprint density at radius 1 is 1.20 bits per heavy atom. The second-order valence-corrected chi connectivity index (χ2v) is 5.31. The molecular weight excluding hydrogens is 258 g/mol. The monoisotopic (exact) mass is 277 g/mol. The minimum absolute atomic E-state index is 0.170. The number of hydrogen-bond acceptors (Lipinski definition) is 4. The maximum atomic E-state index is 12.0. The normalized spacial score (nSPS) is 18.0. The van der Waals surface area contributed by atoms with Gasteiger partial charge < -0.3 is 10.4 Å². The van der Waals surface area contributed by atoms with E-state index in [1.54, 1.807) is 6.07 Å². The number of carboxylic acid groups (broad SMARTS) is 1. The van der Waals surface area contributed by atoms with Gasteiger partial charge in [-0.15, -0.1) is 0 Å². The first-order chi connectivity index (χ1) is 9.64. The fraction of sp³-hybridized carbons (Fsp3) is 0.571. The Kier molecular flexibility index (Phi) is 4.65. The quantitative estimate of drug-likeness (QED) is 0.816. The van der Waals surface area contributed by atoms with Gasteiger partial charge in [0.25, 0.3) is 5.91 Å². The van der Waals surface area contributed by atoms with Crippen LogP contribution in [0.5, 0.6) is 0 Å². The third kappa shape index (κ3) is 3.31. The topological polar surface area (TPSA) is 92.2 Å². The van der Waals surface area contributed by atoms with E-state index >= 15 is 0 Å². The van der Waals surface area contributed by atoms with Gasteiger partial charge in [0.1, 0.15) is 0 Å². The lowest BCUT2D eigenvalue weighted by Gasteiger charge is -2.28. The molecule has 20 heavy (non-hydrogen) atoms. The molecule has 108 valence electrons. The van der Waals surface area contributed by atoms with Crippen molar-refractivity contribution < 1.29 is 14.7 Å². The molecule has 1 fully saturated rings. The highest BCUT2D eigenvalue weighted by atomic mass is 16.4. The van der Waals surface area contributed by atoms with Crippen molar-refractivity contribution in [2.45, 2.75) is 38.5 Å². The lowest BCUT2D eigenvalue weighted by Crippen LogP contribution is -2.42. The molecule has 1 amide bonds. The number of carbonyl (C=O) groups excluding carboxylic acids is 1. The summed E-state index contributed by atoms with van der Waals surface area (Å²) in [5.74, 6) is -1.11. The highest BCUT2D eigenvalue weighted by Gasteiger charge is 2.38. The maximum Gasteiger partial charge on any atom is 0.311 e. The SMILES string of the molecule is O=C(NCC1(C(=O)O)CCCCCC1)c1ccnnc1. The van der Waals surface area contributed by atoms with Crippen molar-refractivity contribution >= 4 is 11.9 Å². The number of carboxylic acids is 1. The Bertz CT molecular complexity index is 468. The van der Waals surface area contributed by atoms with Gasteiger partial charge in [-0.2, -0.15) is 10.2 Å². The molecule has 1 aromatic rings. The molecule has 6 nitrogen and oxygen atoms in total. The van der Waals surface area contributed by atoms with E-state index < -0.39 is 11.4 Å². The van der Waals surface area contributed by atoms with Gasteiger partial charge in [-0.1, -0.05) is 25.7 Å². The second kappa shape index (κ2) is 6.45. The third-order valence-corrected chi connectivity index (χ3v) is 3.95. The zero-order valence-electron chi connectivity index (χ0n) is 11.3. The molecule has 1 heterocycles. The fourth-order valence-electron chi connectivity index (χ4n) is 2.65. The van der Waals surface area contributed by atoms with Crippen molar-refractivity contribution in [2.24, 2.45) is 5.41 Å². The van der Waals surface area contributed by atoms with Crippen LogP contribution in [0.4, 0.5) is 0 Å². The van der Waals surface area contributed by atoms with Crippen LogP contribution < -0.4 is 5.32 Å². The highest BCUT2D eigenvalue weighted by Crippen LogP contribution is 2.34. The van der Waals surface area contributed by atoms with Crippen molar-refractivity contribution in [1.29, 1.82) is 0 Å². The second-order valence-electron chi connectivity index (χ2n) is 5.31. The van der Waals surface area contributed by atoms with E-state index in [4.69, 9.17) is 0 Å². The molecule has 1 saturated carbocycles. The molecule has 6 heteroatoms. The molecule has 0 atom stereocenters. The number of nitrogens with zero attached hydrogens (tertiary/aromatic N) is 2. The molecule has 0 unspecified atom stereocenters. The Hall–Kier alpha value is -1.98. The van der Waals surface area contributed by atoms with Crippen LogP contribution in [0.15, 0.2) is 18.5 Å². The summed E-state index contributed by atoms with van der Waals surface area (Å²) in [7, 11) is 0. The van der Waals surface area contributed by atoms with Gasteiger partial charge in [0.15, 0.2) is 0 Å². The molecule has 1 aromatic heterocycles. The summed E-state index contributed by atoms with van der Waals surface area (Å²) in [6, 6.07) is 1.56. The molecule has 0 aromatic carbocycles. The van der Waals surface area contributed by atoms with Crippen LogP contribution in [0.3, 0.4) is 0 Å². The molecule has 0 spiro atoms. The number of rotatable bonds is 4. The molecule has 0 aliphatic heterocycles. The number of aromatic nitrogens is 2. The average Bonchev–Trinajstić information content (AvgIpc) is 2.72. The molecule has 1 aliphatic rings. The van der Waals surface area contributed by atoms with E-state index in [2.05, 4.69) is 15.5 Å². The first-order valence-corrected chi connectivity index (χ1v) is 6.92. The lowest BCUT2D eigenvalue weighted by atomic mass is 9.80. The molecule has 2 N–H and O–H groups in total. The number of hydrogen-bond donors (Lipinski definition) is 2. The Morgan fingerprint density at radius 3 is 2.45 bits per heavy atom. The molecule has 0 radical (unpaired) electrons. The van der Waals surface area contributed by atoms with E-state index in [0.717, 1.165) is 25.7 Å². The predicted molar refractivity (Wildman–Crippen MR) is 72.1 cm³/mol. The summed E-state index contributed by atoms with van der Waals surface area (Å²) in [6.45, 7) is 0.170. The van der Waals surface area contributed by atoms with Gasteiger partial charge in [0.2, 0.25) is 0 Å². The van der Waals surface area contributed by atoms with Gasteiger partial charge >= 0.3 is 5.97 Å². The summed E-state index contributed by atoms with van der Waals surface area (Å²) in [5.41, 5.74) is -0.429. The Morgan fingerprint density at radius 2 is 1.90 bits per heavy atom. The third-order valence-electron chi connectivity index (χ3n) is 3.95. The van der Waals surface area contributed by atoms with Crippen molar-refractivity contribution in [2.75, 3.05) is 6.54 Å². The highest BCUT2D eigenvalue weighted by molar-refractivity contribution is 5.94. The van der Waals surface area contributed by atoms with Crippen molar-refractivity contribution in [1.82, 2.24) is 15.5 Å². The minimum atomic E-state index is -0.827. The summed E-state index contributed by atoms with van der Waals surface area (Å²) >= 11 is 0. The Balaban J connectivity index is 2.02. The van der Waals surface area contributed by atoms with Crippen LogP contribution in [0.2, 0.25) is 0 Å². The van der Waals surface area contributed by atoms with E-state index in [1.165, 1.54) is 12.4 Å². The molecule has 0 bridgehead atoms. The molecular formula is C14H19N3O3. The standard InChI is InChI=1S/C14H19N3O3/c18-12(11-5-8-16-17-9-11)15-10-14(13(19)20)6-3-1-2-4-7-14/h5,8-9H,1-4,6-7,10H2,(H,15,18)(H,19,20). The van der Waals surface area contributed by atoms with Crippen molar-refractivity contribution in [3.05, 3.63) is 24.0 Å². The molecule has 2 rings (SSSR count). The zero-order valence-corrected chi connectivity index (χ0v) is 11.3. The van der Waals surface area contributed by atoms with Gasteiger partial charge in [0.05, 0.1) is 23.4 Å². The summed E-state index contributed by atoms with van der Waals surface area (Å²) in [6.07, 6.45) is 7.99. The predicted octanol–water partition coefficient (Wildman–Crippen LogP) is 1.63. The van der Waals surface area contributed by atoms with E-state index in [1.807, 2.05) is 0 Å². The molecule has 1 aliphatic carbocycles.